The number of carbonyl (C=O) groups excluding carboxylic acids is 2. The Morgan fingerprint density at radius 1 is 1.15 bits per heavy atom. The number of nitrogens with zero attached hydrogens (tertiary/aromatic N) is 2. The van der Waals surface area contributed by atoms with E-state index in [0.717, 1.165) is 13.1 Å². The van der Waals surface area contributed by atoms with E-state index in [9.17, 15) is 9.59 Å². The summed E-state index contributed by atoms with van der Waals surface area (Å²) in [4.78, 5) is 28.4. The van der Waals surface area contributed by atoms with Crippen molar-refractivity contribution in [3.8, 4) is 0 Å². The van der Waals surface area contributed by atoms with Gasteiger partial charge in [-0.3, -0.25) is 9.69 Å². The van der Waals surface area contributed by atoms with Crippen molar-refractivity contribution in [3.63, 3.8) is 0 Å². The van der Waals surface area contributed by atoms with Gasteiger partial charge in [0.1, 0.15) is 11.4 Å². The molecule has 2 saturated heterocycles. The number of amides is 1. The Bertz CT molecular complexity index is 382. The summed E-state index contributed by atoms with van der Waals surface area (Å²) in [7, 11) is 0. The van der Waals surface area contributed by atoms with Gasteiger partial charge in [-0.25, -0.2) is 4.79 Å². The second kappa shape index (κ2) is 5.35. The largest absolute Gasteiger partial charge is 0.444 e. The zero-order valence-corrected chi connectivity index (χ0v) is 13.2. The minimum Gasteiger partial charge on any atom is -0.444 e. The molecule has 5 nitrogen and oxygen atoms in total. The molecule has 2 heterocycles. The van der Waals surface area contributed by atoms with Gasteiger partial charge in [-0.05, 0) is 34.6 Å². The van der Waals surface area contributed by atoms with Crippen LogP contribution in [-0.2, 0) is 9.53 Å². The van der Waals surface area contributed by atoms with Crippen LogP contribution in [0.2, 0.25) is 0 Å². The average Bonchev–Trinajstić information content (AvgIpc) is 2.25. The molecule has 0 aromatic carbocycles. The fraction of sp³-hybridized carbons (Fsp3) is 0.867. The van der Waals surface area contributed by atoms with Crippen molar-refractivity contribution < 1.29 is 14.3 Å². The maximum Gasteiger partial charge on any atom is 0.410 e. The second-order valence-corrected chi connectivity index (χ2v) is 7.23. The molecule has 0 unspecified atom stereocenters. The van der Waals surface area contributed by atoms with Gasteiger partial charge in [0.05, 0.1) is 0 Å². The van der Waals surface area contributed by atoms with Crippen LogP contribution in [0.3, 0.4) is 0 Å². The van der Waals surface area contributed by atoms with Crippen LogP contribution in [0.4, 0.5) is 4.79 Å². The zero-order chi connectivity index (χ0) is 15.1. The number of fused-ring (bicyclic) bond motifs is 2. The Morgan fingerprint density at radius 2 is 1.65 bits per heavy atom. The molecule has 2 aliphatic rings. The van der Waals surface area contributed by atoms with Crippen LogP contribution in [-0.4, -0.2) is 59.5 Å². The maximum atomic E-state index is 12.2. The summed E-state index contributed by atoms with van der Waals surface area (Å²) in [6.07, 6.45) is -0.294. The summed E-state index contributed by atoms with van der Waals surface area (Å²) < 4.78 is 5.41. The van der Waals surface area contributed by atoms with E-state index in [1.807, 2.05) is 20.8 Å². The fourth-order valence-electron chi connectivity index (χ4n) is 2.95. The minimum atomic E-state index is -0.488. The van der Waals surface area contributed by atoms with Gasteiger partial charge >= 0.3 is 6.09 Å². The Balaban J connectivity index is 2.03. The lowest BCUT2D eigenvalue weighted by Gasteiger charge is -2.45. The van der Waals surface area contributed by atoms with E-state index in [0.29, 0.717) is 24.9 Å². The lowest BCUT2D eigenvalue weighted by Crippen LogP contribution is -2.60. The SMILES string of the molecule is CC(C)N1C[C@H]2CN(C(=O)OC(C)(C)C)C[C@H](C1)C2=O. The highest BCUT2D eigenvalue weighted by Crippen LogP contribution is 2.27. The molecule has 5 heteroatoms. The van der Waals surface area contributed by atoms with E-state index >= 15 is 0 Å². The highest BCUT2D eigenvalue weighted by molar-refractivity contribution is 5.87. The van der Waals surface area contributed by atoms with Crippen LogP contribution < -0.4 is 0 Å². The molecule has 2 bridgehead atoms. The molecule has 114 valence electrons. The Morgan fingerprint density at radius 3 is 2.05 bits per heavy atom. The summed E-state index contributed by atoms with van der Waals surface area (Å²) in [6, 6.07) is 0.446. The number of carbonyl (C=O) groups is 2. The maximum absolute atomic E-state index is 12.2. The van der Waals surface area contributed by atoms with Crippen LogP contribution in [0.25, 0.3) is 0 Å². The fourth-order valence-corrected chi connectivity index (χ4v) is 2.95. The number of ether oxygens (including phenoxy) is 1. The smallest absolute Gasteiger partial charge is 0.410 e. The molecule has 2 atom stereocenters. The predicted molar refractivity (Wildman–Crippen MR) is 76.5 cm³/mol. The van der Waals surface area contributed by atoms with Gasteiger partial charge in [0.15, 0.2) is 0 Å². The summed E-state index contributed by atoms with van der Waals surface area (Å²) in [5, 5.41) is 0. The Kier molecular flexibility index (Phi) is 4.09. The van der Waals surface area contributed by atoms with E-state index in [-0.39, 0.29) is 17.9 Å². The van der Waals surface area contributed by atoms with Crippen molar-refractivity contribution in [2.24, 2.45) is 11.8 Å². The van der Waals surface area contributed by atoms with E-state index in [4.69, 9.17) is 4.74 Å². The van der Waals surface area contributed by atoms with Gasteiger partial charge < -0.3 is 9.64 Å². The first-order valence-electron chi connectivity index (χ1n) is 7.43. The first-order chi connectivity index (χ1) is 9.17. The molecule has 0 saturated carbocycles. The van der Waals surface area contributed by atoms with Crippen LogP contribution in [0.5, 0.6) is 0 Å². The molecule has 0 aromatic rings. The molecule has 2 aliphatic heterocycles. The van der Waals surface area contributed by atoms with E-state index in [2.05, 4.69) is 18.7 Å². The first kappa shape index (κ1) is 15.3. The van der Waals surface area contributed by atoms with Crippen molar-refractivity contribution >= 4 is 11.9 Å². The van der Waals surface area contributed by atoms with E-state index in [1.54, 1.807) is 4.90 Å². The standard InChI is InChI=1S/C15H26N2O3/c1-10(2)16-6-11-8-17(9-12(7-16)13(11)18)14(19)20-15(3,4)5/h10-12H,6-9H2,1-5H3/t11-,12-/m0/s1. The lowest BCUT2D eigenvalue weighted by atomic mass is 9.83. The highest BCUT2D eigenvalue weighted by atomic mass is 16.6. The Hall–Kier alpha value is -1.10. The number of hydrogen-bond acceptors (Lipinski definition) is 4. The third-order valence-electron chi connectivity index (χ3n) is 3.98. The number of Topliss-reactive ketones (excluding diaryl/α,β-unsaturated/α-hetero) is 1. The normalized spacial score (nSPS) is 27.9. The van der Waals surface area contributed by atoms with Crippen molar-refractivity contribution in [3.05, 3.63) is 0 Å². The van der Waals surface area contributed by atoms with Crippen LogP contribution in [0, 0.1) is 11.8 Å². The van der Waals surface area contributed by atoms with Crippen molar-refractivity contribution in [1.82, 2.24) is 9.80 Å². The molecule has 0 aromatic heterocycles. The predicted octanol–water partition coefficient (Wildman–Crippen LogP) is 1.76. The monoisotopic (exact) mass is 282 g/mol. The zero-order valence-electron chi connectivity index (χ0n) is 13.2. The number of hydrogen-bond donors (Lipinski definition) is 0. The second-order valence-electron chi connectivity index (χ2n) is 7.23. The van der Waals surface area contributed by atoms with Gasteiger partial charge in [-0.1, -0.05) is 0 Å². The molecule has 2 fully saturated rings. The van der Waals surface area contributed by atoms with Gasteiger partial charge in [0.2, 0.25) is 0 Å². The van der Waals surface area contributed by atoms with Gasteiger partial charge in [-0.15, -0.1) is 0 Å². The molecule has 0 N–H and O–H groups in total. The lowest BCUT2D eigenvalue weighted by molar-refractivity contribution is -0.137. The van der Waals surface area contributed by atoms with Crippen LogP contribution in [0.15, 0.2) is 0 Å². The third-order valence-corrected chi connectivity index (χ3v) is 3.98. The van der Waals surface area contributed by atoms with Gasteiger partial charge in [0, 0.05) is 44.1 Å². The van der Waals surface area contributed by atoms with E-state index in [1.165, 1.54) is 0 Å². The number of rotatable bonds is 1. The van der Waals surface area contributed by atoms with Gasteiger partial charge in [-0.2, -0.15) is 0 Å². The summed E-state index contributed by atoms with van der Waals surface area (Å²) >= 11 is 0. The summed E-state index contributed by atoms with van der Waals surface area (Å²) in [5.74, 6) is 0.205. The molecule has 0 aliphatic carbocycles. The quantitative estimate of drug-likeness (QED) is 0.735. The molecule has 2 rings (SSSR count). The van der Waals surface area contributed by atoms with Gasteiger partial charge in [0.25, 0.3) is 0 Å². The minimum absolute atomic E-state index is 0.0579. The first-order valence-corrected chi connectivity index (χ1v) is 7.43. The summed E-state index contributed by atoms with van der Waals surface area (Å²) in [6.45, 7) is 12.4. The number of ketones is 1. The average molecular weight is 282 g/mol. The molecule has 0 radical (unpaired) electrons. The highest BCUT2D eigenvalue weighted by Gasteiger charge is 2.43. The molecule has 20 heavy (non-hydrogen) atoms. The molecule has 1 amide bonds. The van der Waals surface area contributed by atoms with Crippen LogP contribution >= 0.6 is 0 Å². The van der Waals surface area contributed by atoms with Crippen molar-refractivity contribution in [2.45, 2.75) is 46.3 Å². The van der Waals surface area contributed by atoms with Crippen LogP contribution in [0.1, 0.15) is 34.6 Å². The molecular weight excluding hydrogens is 256 g/mol. The topological polar surface area (TPSA) is 49.9 Å². The third kappa shape index (κ3) is 3.32. The van der Waals surface area contributed by atoms with E-state index < -0.39 is 5.60 Å². The number of likely N-dealkylation sites (tertiary alicyclic amines) is 2. The summed E-state index contributed by atoms with van der Waals surface area (Å²) in [5.41, 5.74) is -0.488. The molecular formula is C15H26N2O3. The van der Waals surface area contributed by atoms with Crippen molar-refractivity contribution in [1.29, 1.82) is 0 Å². The number of piperidine rings is 2. The molecule has 0 spiro atoms. The van der Waals surface area contributed by atoms with Crippen molar-refractivity contribution in [2.75, 3.05) is 26.2 Å². The Labute approximate surface area is 121 Å².